The Labute approximate surface area is 123 Å². The SMILES string of the molecule is [CH2][P+](C)(c1ccccc1)C1CCCC1[C@@H](C)OC(C)=O. The lowest BCUT2D eigenvalue weighted by Gasteiger charge is -2.32. The molecule has 3 heteroatoms. The van der Waals surface area contributed by atoms with Gasteiger partial charge in [-0.3, -0.25) is 4.79 Å². The van der Waals surface area contributed by atoms with Crippen LogP contribution in [0, 0.1) is 12.6 Å². The fourth-order valence-corrected chi connectivity index (χ4v) is 6.76. The molecule has 2 rings (SSSR count). The first-order valence-corrected chi connectivity index (χ1v) is 9.85. The third-order valence-electron chi connectivity index (χ3n) is 4.56. The molecule has 1 aliphatic rings. The van der Waals surface area contributed by atoms with Crippen LogP contribution in [0.4, 0.5) is 0 Å². The molecule has 1 fully saturated rings. The Morgan fingerprint density at radius 1 is 1.35 bits per heavy atom. The molecule has 109 valence electrons. The van der Waals surface area contributed by atoms with Crippen molar-refractivity contribution >= 4 is 18.5 Å². The summed E-state index contributed by atoms with van der Waals surface area (Å²) in [5.41, 5.74) is 0.569. The highest BCUT2D eigenvalue weighted by Crippen LogP contribution is 2.63. The van der Waals surface area contributed by atoms with Crippen LogP contribution in [0.5, 0.6) is 0 Å². The molecular weight excluding hydrogens is 267 g/mol. The summed E-state index contributed by atoms with van der Waals surface area (Å²) in [6.45, 7) is 10.5. The van der Waals surface area contributed by atoms with Crippen molar-refractivity contribution in [2.24, 2.45) is 5.92 Å². The van der Waals surface area contributed by atoms with Crippen LogP contribution in [-0.2, 0) is 9.53 Å². The number of carbonyl (C=O) groups is 1. The van der Waals surface area contributed by atoms with E-state index in [9.17, 15) is 4.79 Å². The van der Waals surface area contributed by atoms with Crippen LogP contribution in [-0.4, -0.2) is 24.4 Å². The fourth-order valence-electron chi connectivity index (χ4n) is 3.53. The van der Waals surface area contributed by atoms with Crippen LogP contribution in [0.25, 0.3) is 0 Å². The van der Waals surface area contributed by atoms with E-state index in [0.717, 1.165) is 6.42 Å². The minimum absolute atomic E-state index is 0.00443. The van der Waals surface area contributed by atoms with Crippen LogP contribution in [0.3, 0.4) is 0 Å². The minimum atomic E-state index is -1.44. The number of rotatable bonds is 4. The van der Waals surface area contributed by atoms with E-state index in [2.05, 4.69) is 43.7 Å². The monoisotopic (exact) mass is 292 g/mol. The molecule has 0 saturated heterocycles. The molecular formula is C17H25O2P+. The Hall–Kier alpha value is -0.880. The highest BCUT2D eigenvalue weighted by molar-refractivity contribution is 7.84. The van der Waals surface area contributed by atoms with Crippen molar-refractivity contribution in [1.29, 1.82) is 0 Å². The van der Waals surface area contributed by atoms with Gasteiger partial charge in [-0.2, -0.15) is 0 Å². The van der Waals surface area contributed by atoms with E-state index in [1.807, 2.05) is 6.92 Å². The van der Waals surface area contributed by atoms with E-state index in [4.69, 9.17) is 4.74 Å². The summed E-state index contributed by atoms with van der Waals surface area (Å²) >= 11 is 0. The van der Waals surface area contributed by atoms with E-state index in [1.165, 1.54) is 25.1 Å². The van der Waals surface area contributed by atoms with Crippen molar-refractivity contribution in [3.05, 3.63) is 37.0 Å². The Bertz CT molecular complexity index is 455. The molecule has 20 heavy (non-hydrogen) atoms. The topological polar surface area (TPSA) is 26.3 Å². The van der Waals surface area contributed by atoms with Crippen molar-refractivity contribution in [1.82, 2.24) is 0 Å². The van der Waals surface area contributed by atoms with Crippen LogP contribution < -0.4 is 5.30 Å². The summed E-state index contributed by atoms with van der Waals surface area (Å²) in [5.74, 6) is 0.280. The van der Waals surface area contributed by atoms with Crippen molar-refractivity contribution in [2.45, 2.75) is 44.9 Å². The molecule has 1 aliphatic carbocycles. The molecule has 0 heterocycles. The summed E-state index contributed by atoms with van der Waals surface area (Å²) in [7, 11) is -1.44. The van der Waals surface area contributed by atoms with Crippen LogP contribution in [0.15, 0.2) is 30.3 Å². The van der Waals surface area contributed by atoms with Gasteiger partial charge >= 0.3 is 5.97 Å². The largest absolute Gasteiger partial charge is 0.462 e. The van der Waals surface area contributed by atoms with Gasteiger partial charge in [0.05, 0.1) is 31.6 Å². The van der Waals surface area contributed by atoms with Gasteiger partial charge in [0.2, 0.25) is 0 Å². The minimum Gasteiger partial charge on any atom is -0.462 e. The van der Waals surface area contributed by atoms with Gasteiger partial charge in [-0.1, -0.05) is 18.2 Å². The number of ether oxygens (including phenoxy) is 1. The standard InChI is InChI=1S/C17H25O2P/c1-13(19-14(2)18)16-11-8-12-17(16)20(3,4)15-9-6-5-7-10-15/h5-7,9-10,13,16-17H,3,8,11-12H2,1-2,4H3/q+1/t13-,16?,17?,20?/m1/s1. The van der Waals surface area contributed by atoms with Crippen LogP contribution in [0.2, 0.25) is 0 Å². The quantitative estimate of drug-likeness (QED) is 0.622. The van der Waals surface area contributed by atoms with Gasteiger partial charge in [0.15, 0.2) is 0 Å². The zero-order valence-electron chi connectivity index (χ0n) is 12.7. The van der Waals surface area contributed by atoms with E-state index in [-0.39, 0.29) is 12.1 Å². The number of benzene rings is 1. The number of esters is 1. The molecule has 0 amide bonds. The second-order valence-electron chi connectivity index (χ2n) is 6.08. The Balaban J connectivity index is 2.19. The molecule has 1 saturated carbocycles. The third kappa shape index (κ3) is 3.23. The first-order valence-electron chi connectivity index (χ1n) is 7.36. The molecule has 2 nitrogen and oxygen atoms in total. The van der Waals surface area contributed by atoms with E-state index in [0.29, 0.717) is 11.6 Å². The summed E-state index contributed by atoms with van der Waals surface area (Å²) in [6, 6.07) is 10.6. The first kappa shape index (κ1) is 15.5. The summed E-state index contributed by atoms with van der Waals surface area (Å²) in [4.78, 5) is 11.2. The maximum absolute atomic E-state index is 11.2. The highest BCUT2D eigenvalue weighted by Gasteiger charge is 2.48. The average Bonchev–Trinajstić information content (AvgIpc) is 2.89. The maximum atomic E-state index is 11.2. The zero-order valence-corrected chi connectivity index (χ0v) is 13.6. The predicted molar refractivity (Wildman–Crippen MR) is 86.6 cm³/mol. The molecule has 0 bridgehead atoms. The number of carbonyl (C=O) groups excluding carboxylic acids is 1. The van der Waals surface area contributed by atoms with Gasteiger partial charge in [0.1, 0.15) is 6.10 Å². The van der Waals surface area contributed by atoms with Gasteiger partial charge < -0.3 is 4.74 Å². The summed E-state index contributed by atoms with van der Waals surface area (Å²) < 4.78 is 5.45. The predicted octanol–water partition coefficient (Wildman–Crippen LogP) is 3.87. The van der Waals surface area contributed by atoms with Gasteiger partial charge in [0, 0.05) is 12.8 Å². The zero-order chi connectivity index (χ0) is 14.8. The number of hydrogen-bond acceptors (Lipinski definition) is 2. The Kier molecular flexibility index (Phi) is 4.86. The second kappa shape index (κ2) is 6.26. The van der Waals surface area contributed by atoms with E-state index >= 15 is 0 Å². The summed E-state index contributed by atoms with van der Waals surface area (Å²) in [6.07, 6.45) is 3.58. The lowest BCUT2D eigenvalue weighted by molar-refractivity contribution is -0.147. The van der Waals surface area contributed by atoms with E-state index in [1.54, 1.807) is 0 Å². The molecule has 3 unspecified atom stereocenters. The fraction of sp³-hybridized carbons (Fsp3) is 0.529. The Morgan fingerprint density at radius 3 is 2.60 bits per heavy atom. The van der Waals surface area contributed by atoms with Gasteiger partial charge in [0.25, 0.3) is 0 Å². The number of hydrogen-bond donors (Lipinski definition) is 0. The lowest BCUT2D eigenvalue weighted by Crippen LogP contribution is -2.32. The smallest absolute Gasteiger partial charge is 0.302 e. The van der Waals surface area contributed by atoms with Crippen LogP contribution in [0.1, 0.15) is 33.1 Å². The lowest BCUT2D eigenvalue weighted by atomic mass is 10.0. The molecule has 1 aromatic rings. The molecule has 1 radical (unpaired) electrons. The van der Waals surface area contributed by atoms with Crippen molar-refractivity contribution < 1.29 is 9.53 Å². The molecule has 4 atom stereocenters. The second-order valence-corrected chi connectivity index (χ2v) is 9.80. The Morgan fingerprint density at radius 2 is 2.00 bits per heavy atom. The molecule has 0 aliphatic heterocycles. The maximum Gasteiger partial charge on any atom is 0.302 e. The van der Waals surface area contributed by atoms with Crippen molar-refractivity contribution in [2.75, 3.05) is 6.66 Å². The molecule has 1 aromatic carbocycles. The first-order chi connectivity index (χ1) is 9.43. The molecule has 0 aromatic heterocycles. The molecule has 0 spiro atoms. The average molecular weight is 292 g/mol. The van der Waals surface area contributed by atoms with Crippen molar-refractivity contribution in [3.8, 4) is 0 Å². The molecule has 0 N–H and O–H groups in total. The summed E-state index contributed by atoms with van der Waals surface area (Å²) in [5, 5.41) is 1.38. The van der Waals surface area contributed by atoms with E-state index < -0.39 is 7.26 Å². The van der Waals surface area contributed by atoms with Gasteiger partial charge in [-0.25, -0.2) is 0 Å². The third-order valence-corrected chi connectivity index (χ3v) is 8.15. The highest BCUT2D eigenvalue weighted by atomic mass is 31.2. The van der Waals surface area contributed by atoms with Crippen LogP contribution >= 0.6 is 7.26 Å². The van der Waals surface area contributed by atoms with Gasteiger partial charge in [-0.15, -0.1) is 0 Å². The van der Waals surface area contributed by atoms with Gasteiger partial charge in [-0.05, 0) is 38.3 Å². The normalized spacial score (nSPS) is 24.4. The van der Waals surface area contributed by atoms with Crippen molar-refractivity contribution in [3.63, 3.8) is 0 Å².